The van der Waals surface area contributed by atoms with E-state index in [1.54, 1.807) is 0 Å². The molecule has 0 aromatic rings. The molecule has 1 nitrogen and oxygen atoms in total. The predicted molar refractivity (Wildman–Crippen MR) is 47.3 cm³/mol. The Morgan fingerprint density at radius 1 is 1.20 bits per heavy atom. The molecule has 0 heterocycles. The second-order valence-corrected chi connectivity index (χ2v) is 2.89. The highest BCUT2D eigenvalue weighted by Gasteiger charge is 2.00. The lowest BCUT2D eigenvalue weighted by Crippen LogP contribution is -2.23. The fourth-order valence-corrected chi connectivity index (χ4v) is 1.19. The van der Waals surface area contributed by atoms with Gasteiger partial charge < -0.3 is 5.32 Å². The molecule has 62 valence electrons. The zero-order valence-corrected chi connectivity index (χ0v) is 7.61. The smallest absolute Gasteiger partial charge is 0.00614 e. The van der Waals surface area contributed by atoms with E-state index in [4.69, 9.17) is 0 Å². The molecular formula is C9H21N. The minimum atomic E-state index is 0.756. The topological polar surface area (TPSA) is 12.0 Å². The molecule has 1 heteroatoms. The predicted octanol–water partition coefficient (Wildman–Crippen LogP) is 2.56. The van der Waals surface area contributed by atoms with Gasteiger partial charge in [-0.1, -0.05) is 33.1 Å². The van der Waals surface area contributed by atoms with Gasteiger partial charge >= 0.3 is 0 Å². The fraction of sp³-hybridized carbons (Fsp3) is 1.00. The Morgan fingerprint density at radius 3 is 2.30 bits per heavy atom. The van der Waals surface area contributed by atoms with Crippen molar-refractivity contribution in [1.82, 2.24) is 5.32 Å². The third kappa shape index (κ3) is 4.80. The van der Waals surface area contributed by atoms with Crippen LogP contribution in [0.3, 0.4) is 0 Å². The molecule has 0 rings (SSSR count). The van der Waals surface area contributed by atoms with Crippen LogP contribution in [0.5, 0.6) is 0 Å². The second-order valence-electron chi connectivity index (χ2n) is 2.89. The van der Waals surface area contributed by atoms with Crippen LogP contribution in [-0.4, -0.2) is 13.1 Å². The molecule has 10 heavy (non-hydrogen) atoms. The third-order valence-electron chi connectivity index (χ3n) is 2.06. The first kappa shape index (κ1) is 9.96. The summed E-state index contributed by atoms with van der Waals surface area (Å²) in [4.78, 5) is 0. The Labute approximate surface area is 65.2 Å². The van der Waals surface area contributed by atoms with E-state index in [-0.39, 0.29) is 0 Å². The van der Waals surface area contributed by atoms with Gasteiger partial charge in [0.2, 0.25) is 0 Å². The third-order valence-corrected chi connectivity index (χ3v) is 2.06. The van der Waals surface area contributed by atoms with Crippen LogP contribution in [-0.2, 0) is 0 Å². The highest BCUT2D eigenvalue weighted by molar-refractivity contribution is 4.60. The van der Waals surface area contributed by atoms with Crippen LogP contribution in [0.4, 0.5) is 0 Å². The monoisotopic (exact) mass is 143 g/mol. The summed E-state index contributed by atoms with van der Waals surface area (Å²) in [6.45, 7) is 4.49. The average Bonchev–Trinajstić information content (AvgIpc) is 1.99. The van der Waals surface area contributed by atoms with Gasteiger partial charge in [-0.3, -0.25) is 0 Å². The number of hydrogen-bond acceptors (Lipinski definition) is 1. The minimum absolute atomic E-state index is 0.756. The highest BCUT2D eigenvalue weighted by atomic mass is 14.9. The van der Waals surface area contributed by atoms with Crippen molar-refractivity contribution in [3.05, 3.63) is 0 Å². The van der Waals surface area contributed by atoms with Crippen LogP contribution in [0, 0.1) is 0 Å². The van der Waals surface area contributed by atoms with Crippen molar-refractivity contribution in [2.24, 2.45) is 0 Å². The van der Waals surface area contributed by atoms with Gasteiger partial charge in [-0.05, 0) is 19.9 Å². The first-order valence-electron chi connectivity index (χ1n) is 4.52. The molecule has 0 aromatic heterocycles. The molecule has 0 aromatic carbocycles. The van der Waals surface area contributed by atoms with Crippen molar-refractivity contribution in [2.75, 3.05) is 7.05 Å². The summed E-state index contributed by atoms with van der Waals surface area (Å²) < 4.78 is 0. The van der Waals surface area contributed by atoms with Crippen molar-refractivity contribution in [2.45, 2.75) is 52.0 Å². The number of rotatable bonds is 6. The van der Waals surface area contributed by atoms with Crippen molar-refractivity contribution >= 4 is 0 Å². The van der Waals surface area contributed by atoms with Gasteiger partial charge in [0.1, 0.15) is 0 Å². The molecule has 0 saturated heterocycles. The molecule has 0 radical (unpaired) electrons. The van der Waals surface area contributed by atoms with Crippen LogP contribution in [0.1, 0.15) is 46.0 Å². The van der Waals surface area contributed by atoms with Gasteiger partial charge in [-0.2, -0.15) is 0 Å². The Balaban J connectivity index is 3.09. The van der Waals surface area contributed by atoms with Gasteiger partial charge in [0.05, 0.1) is 0 Å². The Bertz CT molecular complexity index is 57.7. The molecule has 0 amide bonds. The van der Waals surface area contributed by atoms with E-state index in [9.17, 15) is 0 Å². The Morgan fingerprint density at radius 2 is 1.90 bits per heavy atom. The lowest BCUT2D eigenvalue weighted by atomic mass is 10.1. The van der Waals surface area contributed by atoms with Crippen LogP contribution in [0.25, 0.3) is 0 Å². The summed E-state index contributed by atoms with van der Waals surface area (Å²) in [7, 11) is 2.06. The molecule has 0 aliphatic carbocycles. The fourth-order valence-electron chi connectivity index (χ4n) is 1.19. The van der Waals surface area contributed by atoms with Crippen molar-refractivity contribution in [3.8, 4) is 0 Å². The maximum atomic E-state index is 3.31. The molecule has 0 fully saturated rings. The van der Waals surface area contributed by atoms with E-state index in [1.807, 2.05) is 0 Å². The average molecular weight is 143 g/mol. The van der Waals surface area contributed by atoms with Gasteiger partial charge in [0.25, 0.3) is 0 Å². The van der Waals surface area contributed by atoms with Crippen molar-refractivity contribution in [1.29, 1.82) is 0 Å². The summed E-state index contributed by atoms with van der Waals surface area (Å²) in [5, 5.41) is 3.31. The van der Waals surface area contributed by atoms with E-state index in [0.29, 0.717) is 0 Å². The van der Waals surface area contributed by atoms with Gasteiger partial charge in [0, 0.05) is 6.04 Å². The SMILES string of the molecule is CCCCCC(CC)NC. The molecule has 1 atom stereocenters. The summed E-state index contributed by atoms with van der Waals surface area (Å²) in [5.41, 5.74) is 0. The maximum absolute atomic E-state index is 3.31. The minimum Gasteiger partial charge on any atom is -0.317 e. The standard InChI is InChI=1S/C9H21N/c1-4-6-7-8-9(5-2)10-3/h9-10H,4-8H2,1-3H3. The van der Waals surface area contributed by atoms with Crippen molar-refractivity contribution in [3.63, 3.8) is 0 Å². The first-order valence-corrected chi connectivity index (χ1v) is 4.52. The van der Waals surface area contributed by atoms with Crippen LogP contribution in [0.15, 0.2) is 0 Å². The Hall–Kier alpha value is -0.0400. The molecule has 1 N–H and O–H groups in total. The lowest BCUT2D eigenvalue weighted by Gasteiger charge is -2.12. The van der Waals surface area contributed by atoms with E-state index in [0.717, 1.165) is 6.04 Å². The van der Waals surface area contributed by atoms with Crippen LogP contribution in [0.2, 0.25) is 0 Å². The van der Waals surface area contributed by atoms with E-state index >= 15 is 0 Å². The summed E-state index contributed by atoms with van der Waals surface area (Å²) >= 11 is 0. The number of unbranched alkanes of at least 4 members (excludes halogenated alkanes) is 2. The molecule has 0 saturated carbocycles. The number of hydrogen-bond donors (Lipinski definition) is 1. The molecule has 0 aliphatic heterocycles. The summed E-state index contributed by atoms with van der Waals surface area (Å²) in [6.07, 6.45) is 6.72. The highest BCUT2D eigenvalue weighted by Crippen LogP contribution is 2.04. The Kier molecular flexibility index (Phi) is 7.04. The lowest BCUT2D eigenvalue weighted by molar-refractivity contribution is 0.481. The quantitative estimate of drug-likeness (QED) is 0.563. The van der Waals surface area contributed by atoms with Crippen LogP contribution < -0.4 is 5.32 Å². The zero-order valence-electron chi connectivity index (χ0n) is 7.61. The van der Waals surface area contributed by atoms with Gasteiger partial charge in [-0.15, -0.1) is 0 Å². The summed E-state index contributed by atoms with van der Waals surface area (Å²) in [6, 6.07) is 0.756. The van der Waals surface area contributed by atoms with E-state index in [2.05, 4.69) is 26.2 Å². The van der Waals surface area contributed by atoms with Crippen molar-refractivity contribution < 1.29 is 0 Å². The molecule has 0 aliphatic rings. The molecular weight excluding hydrogens is 122 g/mol. The van der Waals surface area contributed by atoms with Gasteiger partial charge in [0.15, 0.2) is 0 Å². The molecule has 1 unspecified atom stereocenters. The summed E-state index contributed by atoms with van der Waals surface area (Å²) in [5.74, 6) is 0. The molecule has 0 spiro atoms. The normalized spacial score (nSPS) is 13.5. The maximum Gasteiger partial charge on any atom is 0.00614 e. The van der Waals surface area contributed by atoms with E-state index in [1.165, 1.54) is 32.1 Å². The number of nitrogens with one attached hydrogen (secondary N) is 1. The molecule has 0 bridgehead atoms. The second kappa shape index (κ2) is 7.07. The van der Waals surface area contributed by atoms with Gasteiger partial charge in [-0.25, -0.2) is 0 Å². The first-order chi connectivity index (χ1) is 4.85. The van der Waals surface area contributed by atoms with Crippen LogP contribution >= 0.6 is 0 Å². The largest absolute Gasteiger partial charge is 0.317 e. The zero-order chi connectivity index (χ0) is 7.82. The van der Waals surface area contributed by atoms with E-state index < -0.39 is 0 Å².